The summed E-state index contributed by atoms with van der Waals surface area (Å²) in [6, 6.07) is 7.24. The van der Waals surface area contributed by atoms with Crippen LogP contribution in [-0.2, 0) is 4.79 Å². The summed E-state index contributed by atoms with van der Waals surface area (Å²) in [5.41, 5.74) is 6.94. The summed E-state index contributed by atoms with van der Waals surface area (Å²) in [5, 5.41) is 17.8. The van der Waals surface area contributed by atoms with Crippen LogP contribution in [0.2, 0.25) is 0 Å². The molecule has 2 fully saturated rings. The number of nitrogens with zero attached hydrogens (tertiary/aromatic N) is 3. The maximum atomic E-state index is 12.8. The van der Waals surface area contributed by atoms with Gasteiger partial charge in [-0.1, -0.05) is 31.4 Å². The van der Waals surface area contributed by atoms with Crippen LogP contribution < -0.4 is 16.0 Å². The number of aromatic nitrogens is 1. The van der Waals surface area contributed by atoms with Crippen molar-refractivity contribution in [2.75, 3.05) is 38.1 Å². The van der Waals surface area contributed by atoms with Gasteiger partial charge in [0.25, 0.3) is 5.91 Å². The molecule has 3 N–H and O–H groups in total. The van der Waals surface area contributed by atoms with E-state index < -0.39 is 11.4 Å². The number of hydroxylamine groups is 3. The molecule has 8 nitrogen and oxygen atoms in total. The van der Waals surface area contributed by atoms with Crippen LogP contribution in [0.1, 0.15) is 42.5 Å². The van der Waals surface area contributed by atoms with E-state index in [9.17, 15) is 14.8 Å². The van der Waals surface area contributed by atoms with Crippen LogP contribution in [0.25, 0.3) is 11.3 Å². The SMILES string of the molecule is C[N+]1([O-])CCN(c2nc(-c3ccc(C(=O)NC4(C(N)=O)CCCCC4)cc3)cs2)CC1. The quantitative estimate of drug-likeness (QED) is 0.545. The average Bonchev–Trinajstić information content (AvgIpc) is 3.24. The zero-order valence-corrected chi connectivity index (χ0v) is 18.6. The second-order valence-electron chi connectivity index (χ2n) is 8.78. The molecular weight excluding hydrogens is 414 g/mol. The van der Waals surface area contributed by atoms with Crippen molar-refractivity contribution in [1.29, 1.82) is 0 Å². The molecule has 1 aromatic heterocycles. The van der Waals surface area contributed by atoms with Crippen LogP contribution in [0.15, 0.2) is 29.6 Å². The number of hydrogen-bond acceptors (Lipinski definition) is 6. The molecule has 0 unspecified atom stereocenters. The van der Waals surface area contributed by atoms with Crippen molar-refractivity contribution < 1.29 is 14.2 Å². The average molecular weight is 444 g/mol. The lowest BCUT2D eigenvalue weighted by Gasteiger charge is -2.45. The van der Waals surface area contributed by atoms with E-state index in [0.29, 0.717) is 44.6 Å². The molecule has 1 aromatic carbocycles. The Morgan fingerprint density at radius 1 is 1.16 bits per heavy atom. The summed E-state index contributed by atoms with van der Waals surface area (Å²) in [6.07, 6.45) is 4.02. The van der Waals surface area contributed by atoms with E-state index in [1.807, 2.05) is 17.5 Å². The number of carbonyl (C=O) groups is 2. The fourth-order valence-corrected chi connectivity index (χ4v) is 5.18. The first kappa shape index (κ1) is 21.7. The van der Waals surface area contributed by atoms with Gasteiger partial charge in [-0.05, 0) is 25.0 Å². The van der Waals surface area contributed by atoms with Crippen molar-refractivity contribution in [2.24, 2.45) is 5.73 Å². The standard InChI is InChI=1S/C22H29N5O3S/c1-27(30)13-11-26(12-14-27)21-24-18(15-31-21)16-5-7-17(8-6-16)19(28)25-22(20(23)29)9-3-2-4-10-22/h5-8,15H,2-4,9-14H2,1H3,(H2,23,29)(H,25,28). The first-order valence-electron chi connectivity index (χ1n) is 10.8. The van der Waals surface area contributed by atoms with E-state index in [4.69, 9.17) is 10.7 Å². The lowest BCUT2D eigenvalue weighted by molar-refractivity contribution is -0.861. The highest BCUT2D eigenvalue weighted by molar-refractivity contribution is 7.14. The number of anilines is 1. The Kier molecular flexibility index (Phi) is 6.00. The number of thiazole rings is 1. The first-order valence-corrected chi connectivity index (χ1v) is 11.6. The van der Waals surface area contributed by atoms with Gasteiger partial charge in [-0.2, -0.15) is 0 Å². The lowest BCUT2D eigenvalue weighted by Crippen LogP contribution is -2.58. The van der Waals surface area contributed by atoms with Gasteiger partial charge in [-0.15, -0.1) is 11.3 Å². The lowest BCUT2D eigenvalue weighted by atomic mass is 9.81. The maximum absolute atomic E-state index is 12.8. The van der Waals surface area contributed by atoms with E-state index in [-0.39, 0.29) is 10.6 Å². The maximum Gasteiger partial charge on any atom is 0.252 e. The minimum Gasteiger partial charge on any atom is -0.633 e. The largest absolute Gasteiger partial charge is 0.633 e. The first-order chi connectivity index (χ1) is 14.8. The van der Waals surface area contributed by atoms with E-state index in [0.717, 1.165) is 35.7 Å². The number of carbonyl (C=O) groups excluding carboxylic acids is 2. The highest BCUT2D eigenvalue weighted by Crippen LogP contribution is 2.30. The van der Waals surface area contributed by atoms with Crippen LogP contribution in [0.4, 0.5) is 5.13 Å². The molecule has 2 heterocycles. The zero-order chi connectivity index (χ0) is 22.1. The van der Waals surface area contributed by atoms with Gasteiger partial charge in [0.05, 0.1) is 38.9 Å². The third-order valence-electron chi connectivity index (χ3n) is 6.42. The molecule has 4 rings (SSSR count). The van der Waals surface area contributed by atoms with Gasteiger partial charge in [-0.3, -0.25) is 9.59 Å². The molecule has 0 bridgehead atoms. The van der Waals surface area contributed by atoms with Crippen molar-refractivity contribution in [3.05, 3.63) is 40.4 Å². The third kappa shape index (κ3) is 4.73. The molecule has 2 amide bonds. The predicted molar refractivity (Wildman–Crippen MR) is 122 cm³/mol. The number of hydrogen-bond donors (Lipinski definition) is 2. The molecule has 1 aliphatic heterocycles. The Hall–Kier alpha value is -2.49. The van der Waals surface area contributed by atoms with Crippen LogP contribution in [0.5, 0.6) is 0 Å². The van der Waals surface area contributed by atoms with Gasteiger partial charge in [-0.25, -0.2) is 4.98 Å². The summed E-state index contributed by atoms with van der Waals surface area (Å²) in [4.78, 5) is 31.7. The van der Waals surface area contributed by atoms with E-state index in [1.54, 1.807) is 30.5 Å². The van der Waals surface area contributed by atoms with Crippen molar-refractivity contribution in [3.63, 3.8) is 0 Å². The summed E-state index contributed by atoms with van der Waals surface area (Å²) in [7, 11) is 1.71. The number of nitrogens with one attached hydrogen (secondary N) is 1. The zero-order valence-electron chi connectivity index (χ0n) is 17.8. The van der Waals surface area contributed by atoms with Crippen LogP contribution in [0, 0.1) is 5.21 Å². The molecular formula is C22H29N5O3S. The smallest absolute Gasteiger partial charge is 0.252 e. The number of piperazine rings is 1. The second-order valence-corrected chi connectivity index (χ2v) is 9.62. The Morgan fingerprint density at radius 2 is 1.81 bits per heavy atom. The highest BCUT2D eigenvalue weighted by atomic mass is 32.1. The minimum atomic E-state index is -0.939. The van der Waals surface area contributed by atoms with E-state index in [1.165, 1.54) is 0 Å². The van der Waals surface area contributed by atoms with Gasteiger partial charge in [0.15, 0.2) is 5.13 Å². The summed E-state index contributed by atoms with van der Waals surface area (Å²) >= 11 is 1.56. The normalized spacial score (nSPS) is 20.3. The third-order valence-corrected chi connectivity index (χ3v) is 7.32. The molecule has 31 heavy (non-hydrogen) atoms. The van der Waals surface area contributed by atoms with E-state index >= 15 is 0 Å². The van der Waals surface area contributed by atoms with Crippen molar-refractivity contribution in [2.45, 2.75) is 37.6 Å². The molecule has 9 heteroatoms. The summed E-state index contributed by atoms with van der Waals surface area (Å²) < 4.78 is -0.199. The van der Waals surface area contributed by atoms with Gasteiger partial charge < -0.3 is 25.8 Å². The van der Waals surface area contributed by atoms with E-state index in [2.05, 4.69) is 10.2 Å². The molecule has 2 aromatic rings. The number of quaternary nitrogens is 1. The second kappa shape index (κ2) is 8.57. The molecule has 1 saturated heterocycles. The van der Waals surface area contributed by atoms with Crippen LogP contribution >= 0.6 is 11.3 Å². The number of nitrogens with two attached hydrogens (primary N) is 1. The predicted octanol–water partition coefficient (Wildman–Crippen LogP) is 2.49. The fourth-order valence-electron chi connectivity index (χ4n) is 4.29. The molecule has 1 saturated carbocycles. The van der Waals surface area contributed by atoms with Gasteiger partial charge in [0, 0.05) is 16.5 Å². The number of likely N-dealkylation sites (N-methyl/N-ethyl adjacent to an activating group) is 1. The summed E-state index contributed by atoms with van der Waals surface area (Å²) in [6.45, 7) is 2.53. The molecule has 1 aliphatic carbocycles. The highest BCUT2D eigenvalue weighted by Gasteiger charge is 2.39. The van der Waals surface area contributed by atoms with Crippen molar-refractivity contribution in [3.8, 4) is 11.3 Å². The monoisotopic (exact) mass is 443 g/mol. The molecule has 0 radical (unpaired) electrons. The van der Waals surface area contributed by atoms with Gasteiger partial charge in [0.2, 0.25) is 5.91 Å². The van der Waals surface area contributed by atoms with Crippen LogP contribution in [-0.4, -0.2) is 60.2 Å². The number of rotatable bonds is 5. The molecule has 0 spiro atoms. The number of amides is 2. The topological polar surface area (TPSA) is 111 Å². The van der Waals surface area contributed by atoms with Crippen molar-refractivity contribution in [1.82, 2.24) is 10.3 Å². The molecule has 2 aliphatic rings. The Balaban J connectivity index is 1.43. The number of primary amides is 1. The Bertz CT molecular complexity index is 940. The minimum absolute atomic E-state index is 0.199. The van der Waals surface area contributed by atoms with Crippen molar-refractivity contribution >= 4 is 28.3 Å². The van der Waals surface area contributed by atoms with Gasteiger partial charge in [0.1, 0.15) is 5.54 Å². The summed E-state index contributed by atoms with van der Waals surface area (Å²) in [5.74, 6) is -0.737. The fraction of sp³-hybridized carbons (Fsp3) is 0.500. The van der Waals surface area contributed by atoms with Crippen LogP contribution in [0.3, 0.4) is 0 Å². The molecule has 0 atom stereocenters. The number of benzene rings is 1. The molecule has 166 valence electrons. The Labute approximate surface area is 186 Å². The van der Waals surface area contributed by atoms with Gasteiger partial charge >= 0.3 is 0 Å². The Morgan fingerprint density at radius 3 is 2.42 bits per heavy atom.